The number of nitrogens with zero attached hydrogens (tertiary/aromatic N) is 3. The molecule has 0 spiro atoms. The van der Waals surface area contributed by atoms with Crippen LogP contribution in [0.25, 0.3) is 0 Å². The van der Waals surface area contributed by atoms with Crippen molar-refractivity contribution in [3.05, 3.63) is 146 Å². The van der Waals surface area contributed by atoms with Gasteiger partial charge in [0.25, 0.3) is 0 Å². The lowest BCUT2D eigenvalue weighted by Gasteiger charge is -2.35. The van der Waals surface area contributed by atoms with Crippen molar-refractivity contribution < 1.29 is 5.11 Å². The van der Waals surface area contributed by atoms with Crippen LogP contribution in [0.2, 0.25) is 0 Å². The summed E-state index contributed by atoms with van der Waals surface area (Å²) in [5, 5.41) is 15.9. The zero-order valence-corrected chi connectivity index (χ0v) is 21.4. The van der Waals surface area contributed by atoms with E-state index in [1.165, 1.54) is 15.6 Å². The summed E-state index contributed by atoms with van der Waals surface area (Å²) in [7, 11) is -2.83. The molecule has 6 rings (SSSR count). The highest BCUT2D eigenvalue weighted by molar-refractivity contribution is 7.20. The third kappa shape index (κ3) is 4.09. The first-order chi connectivity index (χ1) is 18.3. The third-order valence-electron chi connectivity index (χ3n) is 7.01. The Balaban J connectivity index is 1.53. The van der Waals surface area contributed by atoms with Crippen LogP contribution in [0.4, 0.5) is 11.5 Å². The van der Waals surface area contributed by atoms with Crippen LogP contribution in [0.1, 0.15) is 0 Å². The van der Waals surface area contributed by atoms with Crippen molar-refractivity contribution in [1.29, 1.82) is 0 Å². The van der Waals surface area contributed by atoms with E-state index >= 15 is 0 Å². The Labute approximate surface area is 218 Å². The largest absolute Gasteiger partial charge is 0.508 e. The number of para-hydroxylation sites is 1. The monoisotopic (exact) mass is 497 g/mol. The average Bonchev–Trinajstić information content (AvgIpc) is 3.47. The maximum Gasteiger partial charge on any atom is 0.184 e. The van der Waals surface area contributed by atoms with E-state index in [1.807, 2.05) is 36.5 Å². The zero-order valence-electron chi connectivity index (χ0n) is 20.4. The molecule has 0 unspecified atom stereocenters. The smallest absolute Gasteiger partial charge is 0.184 e. The molecule has 0 saturated carbocycles. The summed E-state index contributed by atoms with van der Waals surface area (Å²) in [5.74, 6) is 1.25. The van der Waals surface area contributed by atoms with E-state index < -0.39 is 8.07 Å². The Kier molecular flexibility index (Phi) is 6.04. The number of aromatic hydroxyl groups is 1. The predicted molar refractivity (Wildman–Crippen MR) is 155 cm³/mol. The van der Waals surface area contributed by atoms with Gasteiger partial charge >= 0.3 is 0 Å². The van der Waals surface area contributed by atoms with Gasteiger partial charge in [-0.25, -0.2) is 4.98 Å². The molecule has 37 heavy (non-hydrogen) atoms. The topological polar surface area (TPSA) is 39.6 Å². The molecule has 2 heterocycles. The fourth-order valence-electron chi connectivity index (χ4n) is 5.31. The first kappa shape index (κ1) is 22.8. The standard InChI is InChI=1S/C32H27N3OSi/c36-30-18-7-8-19-31(30)37(27-13-3-1-4-14-27,28-15-5-2-6-16-28)29-17-11-12-26(24-29)34-22-23-35(25-34)32-20-9-10-21-33-32/h1-24,36H,25H2. The van der Waals surface area contributed by atoms with Crippen molar-refractivity contribution >= 4 is 40.3 Å². The quantitative estimate of drug-likeness (QED) is 0.285. The van der Waals surface area contributed by atoms with Crippen molar-refractivity contribution in [3.63, 3.8) is 0 Å². The van der Waals surface area contributed by atoms with Gasteiger partial charge < -0.3 is 14.9 Å². The van der Waals surface area contributed by atoms with Crippen LogP contribution < -0.4 is 30.5 Å². The van der Waals surface area contributed by atoms with Gasteiger partial charge in [0.05, 0.1) is 0 Å². The molecule has 1 aromatic heterocycles. The fourth-order valence-corrected chi connectivity index (χ4v) is 10.2. The Morgan fingerprint density at radius 1 is 0.595 bits per heavy atom. The SMILES string of the molecule is Oc1ccccc1[Si](c1ccccc1)(c1ccccc1)c1cccc(N2C=CN(c3ccccn3)C2)c1. The Morgan fingerprint density at radius 2 is 1.22 bits per heavy atom. The van der Waals surface area contributed by atoms with Gasteiger partial charge in [0.15, 0.2) is 8.07 Å². The number of phenolic OH excluding ortho intramolecular Hbond substituents is 1. The summed E-state index contributed by atoms with van der Waals surface area (Å²) in [4.78, 5) is 8.87. The second-order valence-corrected chi connectivity index (χ2v) is 12.9. The first-order valence-corrected chi connectivity index (χ1v) is 14.4. The molecule has 5 aromatic rings. The second-order valence-electron chi connectivity index (χ2n) is 9.12. The number of anilines is 2. The molecule has 4 aromatic carbocycles. The van der Waals surface area contributed by atoms with Gasteiger partial charge in [-0.2, -0.15) is 0 Å². The number of pyridine rings is 1. The number of aromatic nitrogens is 1. The summed E-state index contributed by atoms with van der Waals surface area (Å²) in [6.45, 7) is 0.683. The van der Waals surface area contributed by atoms with E-state index in [1.54, 1.807) is 6.07 Å². The van der Waals surface area contributed by atoms with Gasteiger partial charge in [-0.15, -0.1) is 0 Å². The van der Waals surface area contributed by atoms with Gasteiger partial charge in [-0.3, -0.25) is 0 Å². The summed E-state index contributed by atoms with van der Waals surface area (Å²) in [6, 6.07) is 43.9. The van der Waals surface area contributed by atoms with Crippen molar-refractivity contribution in [2.24, 2.45) is 0 Å². The summed E-state index contributed by atoms with van der Waals surface area (Å²) >= 11 is 0. The van der Waals surface area contributed by atoms with Crippen LogP contribution in [0.15, 0.2) is 146 Å². The molecule has 0 aliphatic carbocycles. The highest BCUT2D eigenvalue weighted by Gasteiger charge is 2.43. The summed E-state index contributed by atoms with van der Waals surface area (Å²) in [6.07, 6.45) is 5.98. The molecule has 0 fully saturated rings. The van der Waals surface area contributed by atoms with Crippen LogP contribution in [0, 0.1) is 0 Å². The average molecular weight is 498 g/mol. The lowest BCUT2D eigenvalue weighted by atomic mass is 10.3. The molecule has 5 heteroatoms. The van der Waals surface area contributed by atoms with Crippen molar-refractivity contribution in [3.8, 4) is 5.75 Å². The first-order valence-electron chi connectivity index (χ1n) is 12.4. The molecule has 0 saturated heterocycles. The maximum atomic E-state index is 11.3. The lowest BCUT2D eigenvalue weighted by molar-refractivity contribution is 0.479. The van der Waals surface area contributed by atoms with Crippen molar-refractivity contribution in [1.82, 2.24) is 4.98 Å². The number of hydrogen-bond donors (Lipinski definition) is 1. The molecule has 4 nitrogen and oxygen atoms in total. The van der Waals surface area contributed by atoms with Crippen LogP contribution in [0.5, 0.6) is 5.75 Å². The Morgan fingerprint density at radius 3 is 1.89 bits per heavy atom. The number of phenols is 1. The molecular weight excluding hydrogens is 470 g/mol. The highest BCUT2D eigenvalue weighted by Crippen LogP contribution is 2.23. The molecule has 1 aliphatic heterocycles. The fraction of sp³-hybridized carbons (Fsp3) is 0.0312. The van der Waals surface area contributed by atoms with Gasteiger partial charge in [-0.05, 0) is 51.1 Å². The minimum Gasteiger partial charge on any atom is -0.508 e. The number of rotatable bonds is 6. The van der Waals surface area contributed by atoms with E-state index in [-0.39, 0.29) is 0 Å². The van der Waals surface area contributed by atoms with Gasteiger partial charge in [0, 0.05) is 24.3 Å². The van der Waals surface area contributed by atoms with Gasteiger partial charge in [0.2, 0.25) is 0 Å². The Hall–Kier alpha value is -4.61. The molecule has 0 bridgehead atoms. The molecule has 0 amide bonds. The van der Waals surface area contributed by atoms with E-state index in [4.69, 9.17) is 0 Å². The molecule has 180 valence electrons. The zero-order chi connectivity index (χ0) is 25.1. The van der Waals surface area contributed by atoms with Crippen molar-refractivity contribution in [2.75, 3.05) is 16.5 Å². The van der Waals surface area contributed by atoms with Crippen molar-refractivity contribution in [2.45, 2.75) is 0 Å². The predicted octanol–water partition coefficient (Wildman–Crippen LogP) is 3.92. The number of benzene rings is 4. The molecular formula is C32H27N3OSi. The Bertz CT molecular complexity index is 1480. The molecule has 0 atom stereocenters. The number of hydrogen-bond acceptors (Lipinski definition) is 4. The molecule has 0 radical (unpaired) electrons. The molecule has 1 aliphatic rings. The van der Waals surface area contributed by atoms with Gasteiger partial charge in [-0.1, -0.05) is 97.1 Å². The highest BCUT2D eigenvalue weighted by atomic mass is 28.3. The van der Waals surface area contributed by atoms with Crippen LogP contribution in [0.3, 0.4) is 0 Å². The van der Waals surface area contributed by atoms with E-state index in [2.05, 4.69) is 118 Å². The van der Waals surface area contributed by atoms with Crippen LogP contribution in [-0.4, -0.2) is 24.8 Å². The van der Waals surface area contributed by atoms with Crippen LogP contribution >= 0.6 is 0 Å². The summed E-state index contributed by atoms with van der Waals surface area (Å²) in [5.41, 5.74) is 1.10. The lowest BCUT2D eigenvalue weighted by Crippen LogP contribution is -2.74. The van der Waals surface area contributed by atoms with E-state index in [9.17, 15) is 5.11 Å². The normalized spacial score (nSPS) is 13.2. The second kappa shape index (κ2) is 9.80. The third-order valence-corrected chi connectivity index (χ3v) is 11.8. The van der Waals surface area contributed by atoms with E-state index in [0.717, 1.165) is 16.7 Å². The molecule has 1 N–H and O–H groups in total. The minimum absolute atomic E-state index is 0.328. The maximum absolute atomic E-state index is 11.3. The summed E-state index contributed by atoms with van der Waals surface area (Å²) < 4.78 is 0. The van der Waals surface area contributed by atoms with E-state index in [0.29, 0.717) is 12.4 Å². The van der Waals surface area contributed by atoms with Crippen LogP contribution in [-0.2, 0) is 0 Å². The minimum atomic E-state index is -2.83. The van der Waals surface area contributed by atoms with Gasteiger partial charge in [0.1, 0.15) is 18.2 Å².